The van der Waals surface area contributed by atoms with Crippen molar-refractivity contribution >= 4 is 10.8 Å². The quantitative estimate of drug-likeness (QED) is 0.672. The Morgan fingerprint density at radius 2 is 1.94 bits per heavy atom. The Hall–Kier alpha value is -2.29. The smallest absolute Gasteiger partial charge is 0.230 e. The first kappa shape index (κ1) is 8.97. The van der Waals surface area contributed by atoms with Crippen LogP contribution in [0.25, 0.3) is 22.2 Å². The van der Waals surface area contributed by atoms with Crippen LogP contribution in [0.2, 0.25) is 0 Å². The summed E-state index contributed by atoms with van der Waals surface area (Å²) < 4.78 is 5.24. The van der Waals surface area contributed by atoms with Crippen LogP contribution < -0.4 is 0 Å². The second kappa shape index (κ2) is 3.38. The fourth-order valence-corrected chi connectivity index (χ4v) is 1.83. The number of rotatable bonds is 1. The number of nitrogens with zero attached hydrogens (tertiary/aromatic N) is 1. The summed E-state index contributed by atoms with van der Waals surface area (Å²) in [6.07, 6.45) is 3.06. The van der Waals surface area contributed by atoms with E-state index in [1.165, 1.54) is 6.26 Å². The van der Waals surface area contributed by atoms with Crippen molar-refractivity contribution in [2.45, 2.75) is 0 Å². The zero-order valence-electron chi connectivity index (χ0n) is 8.42. The molecule has 3 rings (SSSR count). The Kier molecular flexibility index (Phi) is 1.90. The van der Waals surface area contributed by atoms with Gasteiger partial charge >= 0.3 is 0 Å². The van der Waals surface area contributed by atoms with Gasteiger partial charge in [0.15, 0.2) is 0 Å². The molecule has 0 amide bonds. The summed E-state index contributed by atoms with van der Waals surface area (Å²) >= 11 is 0. The van der Waals surface area contributed by atoms with E-state index in [0.29, 0.717) is 11.5 Å². The SMILES string of the molecule is Oc1ccc2ccccc2c1-c1ncco1. The summed E-state index contributed by atoms with van der Waals surface area (Å²) in [7, 11) is 0. The molecule has 0 radical (unpaired) electrons. The minimum absolute atomic E-state index is 0.182. The molecule has 0 atom stereocenters. The standard InChI is InChI=1S/C13H9NO2/c15-11-6-5-9-3-1-2-4-10(9)12(11)13-14-7-8-16-13/h1-8,15H. The van der Waals surface area contributed by atoms with E-state index in [2.05, 4.69) is 4.98 Å². The third-order valence-corrected chi connectivity index (χ3v) is 2.55. The van der Waals surface area contributed by atoms with Gasteiger partial charge in [0.2, 0.25) is 5.89 Å². The van der Waals surface area contributed by atoms with Crippen LogP contribution in [-0.4, -0.2) is 10.1 Å². The van der Waals surface area contributed by atoms with Crippen LogP contribution in [0, 0.1) is 0 Å². The summed E-state index contributed by atoms with van der Waals surface area (Å²) in [5, 5.41) is 11.9. The topological polar surface area (TPSA) is 46.3 Å². The summed E-state index contributed by atoms with van der Waals surface area (Å²) in [4.78, 5) is 4.07. The molecule has 2 aromatic carbocycles. The van der Waals surface area contributed by atoms with Crippen molar-refractivity contribution in [3.05, 3.63) is 48.9 Å². The van der Waals surface area contributed by atoms with Gasteiger partial charge in [-0.05, 0) is 16.8 Å². The number of phenols is 1. The molecule has 78 valence electrons. The molecule has 0 spiro atoms. The molecule has 0 bridgehead atoms. The van der Waals surface area contributed by atoms with Crippen LogP contribution in [-0.2, 0) is 0 Å². The van der Waals surface area contributed by atoms with Crippen LogP contribution in [0.15, 0.2) is 53.3 Å². The molecule has 3 aromatic rings. The van der Waals surface area contributed by atoms with Crippen molar-refractivity contribution in [3.63, 3.8) is 0 Å². The zero-order valence-corrected chi connectivity index (χ0v) is 8.42. The van der Waals surface area contributed by atoms with Crippen molar-refractivity contribution in [1.82, 2.24) is 4.98 Å². The Balaban J connectivity index is 2.42. The number of hydrogen-bond donors (Lipinski definition) is 1. The van der Waals surface area contributed by atoms with Crippen molar-refractivity contribution in [2.24, 2.45) is 0 Å². The zero-order chi connectivity index (χ0) is 11.0. The fourth-order valence-electron chi connectivity index (χ4n) is 1.83. The number of hydrogen-bond acceptors (Lipinski definition) is 3. The predicted octanol–water partition coefficient (Wildman–Crippen LogP) is 3.20. The first-order valence-electron chi connectivity index (χ1n) is 4.97. The first-order valence-corrected chi connectivity index (χ1v) is 4.97. The third-order valence-electron chi connectivity index (χ3n) is 2.55. The van der Waals surface area contributed by atoms with Crippen molar-refractivity contribution in [2.75, 3.05) is 0 Å². The van der Waals surface area contributed by atoms with Gasteiger partial charge in [0.1, 0.15) is 12.0 Å². The molecule has 0 unspecified atom stereocenters. The van der Waals surface area contributed by atoms with Gasteiger partial charge in [0.05, 0.1) is 11.8 Å². The fraction of sp³-hybridized carbons (Fsp3) is 0. The van der Waals surface area contributed by atoms with Gasteiger partial charge in [-0.25, -0.2) is 4.98 Å². The lowest BCUT2D eigenvalue weighted by Gasteiger charge is -2.05. The Bertz CT molecular complexity index is 629. The molecule has 0 aliphatic carbocycles. The Morgan fingerprint density at radius 1 is 1.06 bits per heavy atom. The van der Waals surface area contributed by atoms with E-state index in [-0.39, 0.29) is 5.75 Å². The summed E-state index contributed by atoms with van der Waals surface area (Å²) in [6.45, 7) is 0. The lowest BCUT2D eigenvalue weighted by molar-refractivity contribution is 0.474. The molecular formula is C13H9NO2. The van der Waals surface area contributed by atoms with E-state index in [1.807, 2.05) is 30.3 Å². The van der Waals surface area contributed by atoms with E-state index in [1.54, 1.807) is 12.3 Å². The van der Waals surface area contributed by atoms with Gasteiger partial charge in [0, 0.05) is 0 Å². The van der Waals surface area contributed by atoms with Crippen molar-refractivity contribution < 1.29 is 9.52 Å². The second-order valence-corrected chi connectivity index (χ2v) is 3.52. The van der Waals surface area contributed by atoms with Gasteiger partial charge < -0.3 is 9.52 Å². The number of phenolic OH excluding ortho intramolecular Hbond substituents is 1. The molecular weight excluding hydrogens is 202 g/mol. The first-order chi connectivity index (χ1) is 7.86. The van der Waals surface area contributed by atoms with Crippen LogP contribution >= 0.6 is 0 Å². The number of aromatic hydroxyl groups is 1. The molecule has 3 nitrogen and oxygen atoms in total. The van der Waals surface area contributed by atoms with Gasteiger partial charge in [-0.15, -0.1) is 0 Å². The number of fused-ring (bicyclic) bond motifs is 1. The number of oxazole rings is 1. The Labute approximate surface area is 92.0 Å². The van der Waals surface area contributed by atoms with Gasteiger partial charge in [0.25, 0.3) is 0 Å². The van der Waals surface area contributed by atoms with E-state index in [4.69, 9.17) is 4.42 Å². The maximum absolute atomic E-state index is 9.88. The van der Waals surface area contributed by atoms with Crippen LogP contribution in [0.4, 0.5) is 0 Å². The van der Waals surface area contributed by atoms with Crippen LogP contribution in [0.3, 0.4) is 0 Å². The highest BCUT2D eigenvalue weighted by atomic mass is 16.3. The molecule has 1 heterocycles. The molecule has 3 heteroatoms. The molecule has 0 saturated carbocycles. The lowest BCUT2D eigenvalue weighted by atomic mass is 10.0. The summed E-state index contributed by atoms with van der Waals surface area (Å²) in [5.41, 5.74) is 0.642. The predicted molar refractivity (Wildman–Crippen MR) is 61.1 cm³/mol. The van der Waals surface area contributed by atoms with Crippen molar-refractivity contribution in [1.29, 1.82) is 0 Å². The van der Waals surface area contributed by atoms with E-state index >= 15 is 0 Å². The van der Waals surface area contributed by atoms with E-state index < -0.39 is 0 Å². The van der Waals surface area contributed by atoms with E-state index in [9.17, 15) is 5.11 Å². The second-order valence-electron chi connectivity index (χ2n) is 3.52. The molecule has 1 aromatic heterocycles. The molecule has 1 N–H and O–H groups in total. The lowest BCUT2D eigenvalue weighted by Crippen LogP contribution is -1.82. The molecule has 0 saturated heterocycles. The molecule has 16 heavy (non-hydrogen) atoms. The average molecular weight is 211 g/mol. The van der Waals surface area contributed by atoms with Crippen LogP contribution in [0.5, 0.6) is 5.75 Å². The normalized spacial score (nSPS) is 10.8. The van der Waals surface area contributed by atoms with Gasteiger partial charge in [-0.3, -0.25) is 0 Å². The molecule has 0 aliphatic rings. The van der Waals surface area contributed by atoms with Gasteiger partial charge in [-0.2, -0.15) is 0 Å². The minimum Gasteiger partial charge on any atom is -0.507 e. The summed E-state index contributed by atoms with van der Waals surface area (Å²) in [5.74, 6) is 0.621. The summed E-state index contributed by atoms with van der Waals surface area (Å²) in [6, 6.07) is 11.3. The highest BCUT2D eigenvalue weighted by Crippen LogP contribution is 2.35. The monoisotopic (exact) mass is 211 g/mol. The van der Waals surface area contributed by atoms with Crippen LogP contribution in [0.1, 0.15) is 0 Å². The van der Waals surface area contributed by atoms with Gasteiger partial charge in [-0.1, -0.05) is 30.3 Å². The van der Waals surface area contributed by atoms with Crippen molar-refractivity contribution in [3.8, 4) is 17.2 Å². The minimum atomic E-state index is 0.182. The third kappa shape index (κ3) is 1.26. The Morgan fingerprint density at radius 3 is 2.75 bits per heavy atom. The number of benzene rings is 2. The molecule has 0 fully saturated rings. The highest BCUT2D eigenvalue weighted by Gasteiger charge is 2.12. The number of aromatic nitrogens is 1. The maximum Gasteiger partial charge on any atom is 0.230 e. The molecule has 0 aliphatic heterocycles. The van der Waals surface area contributed by atoms with E-state index in [0.717, 1.165) is 10.8 Å². The highest BCUT2D eigenvalue weighted by molar-refractivity contribution is 5.97. The largest absolute Gasteiger partial charge is 0.507 e. The maximum atomic E-state index is 9.88. The average Bonchev–Trinajstić information content (AvgIpc) is 2.82.